The molecule has 0 atom stereocenters. The molecule has 0 saturated heterocycles. The van der Waals surface area contributed by atoms with Crippen molar-refractivity contribution in [2.24, 2.45) is 0 Å². The Morgan fingerprint density at radius 3 is 2.51 bits per heavy atom. The predicted molar refractivity (Wildman–Crippen MR) is 143 cm³/mol. The van der Waals surface area contributed by atoms with Crippen LogP contribution in [0.3, 0.4) is 0 Å². The van der Waals surface area contributed by atoms with Crippen LogP contribution in [-0.4, -0.2) is 17.4 Å². The summed E-state index contributed by atoms with van der Waals surface area (Å²) < 4.78 is 6.03. The van der Waals surface area contributed by atoms with Gasteiger partial charge in [0.2, 0.25) is 0 Å². The molecule has 0 aromatic heterocycles. The van der Waals surface area contributed by atoms with Crippen molar-refractivity contribution in [1.29, 1.82) is 5.26 Å². The van der Waals surface area contributed by atoms with E-state index in [4.69, 9.17) is 4.74 Å². The van der Waals surface area contributed by atoms with E-state index < -0.39 is 10.8 Å². The van der Waals surface area contributed by atoms with Gasteiger partial charge in [0, 0.05) is 24.2 Å². The van der Waals surface area contributed by atoms with Crippen LogP contribution in [0.4, 0.5) is 5.69 Å². The lowest BCUT2D eigenvalue weighted by atomic mass is 10.0. The first kappa shape index (κ1) is 25.1. The van der Waals surface area contributed by atoms with Gasteiger partial charge in [-0.15, -0.1) is 0 Å². The van der Waals surface area contributed by atoms with E-state index in [2.05, 4.69) is 5.32 Å². The van der Waals surface area contributed by atoms with Gasteiger partial charge in [0.25, 0.3) is 11.6 Å². The van der Waals surface area contributed by atoms with Crippen LogP contribution in [0.2, 0.25) is 0 Å². The molecule has 4 aromatic carbocycles. The largest absolute Gasteiger partial charge is 0.488 e. The first-order valence-corrected chi connectivity index (χ1v) is 11.9. The molecule has 0 saturated carbocycles. The lowest BCUT2D eigenvalue weighted by molar-refractivity contribution is -0.384. The number of nitrogens with one attached hydrogen (secondary N) is 1. The van der Waals surface area contributed by atoms with Crippen molar-refractivity contribution in [1.82, 2.24) is 5.32 Å². The maximum Gasteiger partial charge on any atom is 0.269 e. The van der Waals surface area contributed by atoms with E-state index in [1.807, 2.05) is 66.7 Å². The fourth-order valence-corrected chi connectivity index (χ4v) is 4.00. The Morgan fingerprint density at radius 1 is 0.973 bits per heavy atom. The number of rotatable bonds is 10. The third-order valence-corrected chi connectivity index (χ3v) is 5.87. The van der Waals surface area contributed by atoms with Gasteiger partial charge in [-0.1, -0.05) is 72.8 Å². The highest BCUT2D eigenvalue weighted by Gasteiger charge is 2.14. The highest BCUT2D eigenvalue weighted by Crippen LogP contribution is 2.31. The number of benzene rings is 4. The van der Waals surface area contributed by atoms with Crippen molar-refractivity contribution in [2.75, 3.05) is 6.54 Å². The number of hydrogen-bond donors (Lipinski definition) is 1. The summed E-state index contributed by atoms with van der Waals surface area (Å²) in [5.41, 5.74) is 2.37. The molecule has 7 nitrogen and oxygen atoms in total. The summed E-state index contributed by atoms with van der Waals surface area (Å²) >= 11 is 0. The van der Waals surface area contributed by atoms with E-state index in [1.54, 1.807) is 18.2 Å². The molecular formula is C30H25N3O4. The third kappa shape index (κ3) is 6.59. The minimum atomic E-state index is -0.453. The maximum absolute atomic E-state index is 12.8. The zero-order chi connectivity index (χ0) is 26.0. The normalized spacial score (nSPS) is 11.1. The number of aryl methyl sites for hydroxylation is 1. The molecule has 0 aliphatic heterocycles. The van der Waals surface area contributed by atoms with Crippen LogP contribution in [0.15, 0.2) is 96.6 Å². The van der Waals surface area contributed by atoms with Gasteiger partial charge in [0.05, 0.1) is 4.92 Å². The van der Waals surface area contributed by atoms with E-state index in [9.17, 15) is 20.2 Å². The van der Waals surface area contributed by atoms with E-state index >= 15 is 0 Å². The predicted octanol–water partition coefficient (Wildman–Crippen LogP) is 5.98. The van der Waals surface area contributed by atoms with Crippen molar-refractivity contribution in [3.63, 3.8) is 0 Å². The monoisotopic (exact) mass is 491 g/mol. The van der Waals surface area contributed by atoms with Crippen molar-refractivity contribution >= 4 is 28.4 Å². The van der Waals surface area contributed by atoms with Crippen molar-refractivity contribution < 1.29 is 14.5 Å². The van der Waals surface area contributed by atoms with E-state index in [1.165, 1.54) is 23.8 Å². The molecule has 0 unspecified atom stereocenters. The molecule has 0 bridgehead atoms. The molecule has 0 heterocycles. The summed E-state index contributed by atoms with van der Waals surface area (Å²) in [4.78, 5) is 23.5. The van der Waals surface area contributed by atoms with Crippen LogP contribution >= 0.6 is 0 Å². The molecule has 0 radical (unpaired) electrons. The number of carbonyl (C=O) groups excluding carboxylic acids is 1. The van der Waals surface area contributed by atoms with Crippen LogP contribution in [0.1, 0.15) is 23.1 Å². The smallest absolute Gasteiger partial charge is 0.269 e. The Morgan fingerprint density at radius 2 is 1.73 bits per heavy atom. The van der Waals surface area contributed by atoms with Crippen LogP contribution in [0, 0.1) is 21.4 Å². The molecule has 37 heavy (non-hydrogen) atoms. The van der Waals surface area contributed by atoms with Gasteiger partial charge in [-0.2, -0.15) is 5.26 Å². The number of non-ortho nitro benzene ring substituents is 1. The molecule has 0 aliphatic carbocycles. The number of nitrogens with zero attached hydrogens (tertiary/aromatic N) is 2. The molecule has 0 fully saturated rings. The second kappa shape index (κ2) is 12.1. The molecule has 0 aliphatic rings. The quantitative estimate of drug-likeness (QED) is 0.0965. The lowest BCUT2D eigenvalue weighted by Crippen LogP contribution is -2.25. The number of amides is 1. The van der Waals surface area contributed by atoms with Gasteiger partial charge in [-0.05, 0) is 46.9 Å². The molecule has 4 aromatic rings. The van der Waals surface area contributed by atoms with Crippen molar-refractivity contribution in [3.8, 4) is 11.8 Å². The van der Waals surface area contributed by atoms with Gasteiger partial charge in [-0.3, -0.25) is 14.9 Å². The second-order valence-corrected chi connectivity index (χ2v) is 8.43. The Labute approximate surface area is 214 Å². The minimum absolute atomic E-state index is 0.0181. The fraction of sp³-hybridized carbons (Fsp3) is 0.133. The summed E-state index contributed by atoms with van der Waals surface area (Å²) in [6.07, 6.45) is 3.11. The van der Waals surface area contributed by atoms with Gasteiger partial charge >= 0.3 is 0 Å². The zero-order valence-corrected chi connectivity index (χ0v) is 20.1. The SMILES string of the molecule is N#C/C(=C/c1c(OCc2cccc([N+](=O)[O-])c2)ccc2ccccc12)C(=O)NCCCc1ccccc1. The van der Waals surface area contributed by atoms with Crippen molar-refractivity contribution in [2.45, 2.75) is 19.4 Å². The Bertz CT molecular complexity index is 1490. The number of carbonyl (C=O) groups is 1. The van der Waals surface area contributed by atoms with E-state index in [-0.39, 0.29) is 17.9 Å². The number of nitro groups is 1. The highest BCUT2D eigenvalue weighted by molar-refractivity contribution is 6.05. The van der Waals surface area contributed by atoms with Crippen LogP contribution in [-0.2, 0) is 17.8 Å². The number of nitriles is 1. The molecule has 7 heteroatoms. The number of fused-ring (bicyclic) bond motifs is 1. The first-order chi connectivity index (χ1) is 18.0. The summed E-state index contributed by atoms with van der Waals surface area (Å²) in [7, 11) is 0. The molecular weight excluding hydrogens is 466 g/mol. The first-order valence-electron chi connectivity index (χ1n) is 11.9. The van der Waals surface area contributed by atoms with Crippen LogP contribution < -0.4 is 10.1 Å². The summed E-state index contributed by atoms with van der Waals surface area (Å²) in [5.74, 6) is 0.0166. The van der Waals surface area contributed by atoms with E-state index in [0.29, 0.717) is 23.4 Å². The lowest BCUT2D eigenvalue weighted by Gasteiger charge is -2.13. The highest BCUT2D eigenvalue weighted by atomic mass is 16.6. The second-order valence-electron chi connectivity index (χ2n) is 8.43. The molecule has 4 rings (SSSR count). The van der Waals surface area contributed by atoms with E-state index in [0.717, 1.165) is 23.6 Å². The van der Waals surface area contributed by atoms with Crippen LogP contribution in [0.5, 0.6) is 5.75 Å². The number of hydrogen-bond acceptors (Lipinski definition) is 5. The Balaban J connectivity index is 1.54. The summed E-state index contributed by atoms with van der Waals surface area (Å²) in [6, 6.07) is 29.5. The summed E-state index contributed by atoms with van der Waals surface area (Å²) in [6.45, 7) is 0.535. The third-order valence-electron chi connectivity index (χ3n) is 5.87. The zero-order valence-electron chi connectivity index (χ0n) is 20.1. The molecule has 0 spiro atoms. The molecule has 1 amide bonds. The standard InChI is InChI=1S/C30H25N3O4/c31-20-25(30(34)32-17-7-11-22-8-2-1-3-9-22)19-28-27-14-5-4-12-24(27)15-16-29(28)37-21-23-10-6-13-26(18-23)33(35)36/h1-6,8-10,12-16,18-19H,7,11,17,21H2,(H,32,34)/b25-19-. The van der Waals surface area contributed by atoms with Crippen molar-refractivity contribution in [3.05, 3.63) is 123 Å². The topological polar surface area (TPSA) is 105 Å². The average Bonchev–Trinajstić information content (AvgIpc) is 2.93. The van der Waals surface area contributed by atoms with Gasteiger partial charge in [0.15, 0.2) is 0 Å². The minimum Gasteiger partial charge on any atom is -0.488 e. The molecule has 1 N–H and O–H groups in total. The number of ether oxygens (including phenoxy) is 1. The summed E-state index contributed by atoms with van der Waals surface area (Å²) in [5, 5.41) is 25.4. The Kier molecular flexibility index (Phi) is 8.25. The average molecular weight is 492 g/mol. The van der Waals surface area contributed by atoms with Gasteiger partial charge in [-0.25, -0.2) is 0 Å². The fourth-order valence-electron chi connectivity index (χ4n) is 4.00. The van der Waals surface area contributed by atoms with Gasteiger partial charge in [0.1, 0.15) is 24.0 Å². The molecule has 184 valence electrons. The van der Waals surface area contributed by atoms with Gasteiger partial charge < -0.3 is 10.1 Å². The van der Waals surface area contributed by atoms with Crippen LogP contribution in [0.25, 0.3) is 16.8 Å². The number of nitro benzene ring substituents is 1. The maximum atomic E-state index is 12.8. The Hall–Kier alpha value is -4.96.